The molecule has 7 nitrogen and oxygen atoms in total. The van der Waals surface area contributed by atoms with Crippen molar-refractivity contribution in [2.24, 2.45) is 0 Å². The molecule has 25 heavy (non-hydrogen) atoms. The minimum Gasteiger partial charge on any atom is -0.476 e. The van der Waals surface area contributed by atoms with Gasteiger partial charge in [-0.2, -0.15) is 0 Å². The Bertz CT molecular complexity index is 756. The van der Waals surface area contributed by atoms with E-state index in [0.717, 1.165) is 0 Å². The van der Waals surface area contributed by atoms with E-state index in [4.69, 9.17) is 26.8 Å². The molecule has 0 unspecified atom stereocenters. The van der Waals surface area contributed by atoms with E-state index in [1.165, 1.54) is 26.0 Å². The van der Waals surface area contributed by atoms with Gasteiger partial charge in [0.1, 0.15) is 11.1 Å². The summed E-state index contributed by atoms with van der Waals surface area (Å²) in [6.45, 7) is 2.79. The molecule has 0 amide bonds. The molecule has 0 fully saturated rings. The Morgan fingerprint density at radius 1 is 0.960 bits per heavy atom. The molecule has 0 aliphatic carbocycles. The third kappa shape index (κ3) is 5.01. The molecule has 0 saturated carbocycles. The number of rotatable bonds is 6. The maximum Gasteiger partial charge on any atom is 0.373 e. The van der Waals surface area contributed by atoms with Gasteiger partial charge in [0.15, 0.2) is 5.78 Å². The van der Waals surface area contributed by atoms with Gasteiger partial charge in [-0.1, -0.05) is 11.6 Å². The Morgan fingerprint density at radius 2 is 1.44 bits per heavy atom. The van der Waals surface area contributed by atoms with Crippen LogP contribution in [0.1, 0.15) is 29.8 Å². The zero-order valence-corrected chi connectivity index (χ0v) is 14.2. The molecule has 0 spiro atoms. The van der Waals surface area contributed by atoms with Crippen molar-refractivity contribution in [3.8, 4) is 5.75 Å². The summed E-state index contributed by atoms with van der Waals surface area (Å²) in [7, 11) is 0. The SMILES string of the molecule is CC(C)(Oc1ccc(C(=O)c2ccc(Cl)cc2)cc1)C(=O)ON(O)O. The van der Waals surface area contributed by atoms with E-state index < -0.39 is 17.0 Å². The average molecular weight is 366 g/mol. The number of halogens is 1. The zero-order valence-electron chi connectivity index (χ0n) is 13.5. The molecule has 132 valence electrons. The van der Waals surface area contributed by atoms with Crippen molar-refractivity contribution in [1.29, 1.82) is 0 Å². The highest BCUT2D eigenvalue weighted by Crippen LogP contribution is 2.22. The highest BCUT2D eigenvalue weighted by Gasteiger charge is 2.33. The molecule has 0 saturated heterocycles. The first kappa shape index (κ1) is 18.9. The van der Waals surface area contributed by atoms with Gasteiger partial charge in [-0.25, -0.2) is 4.79 Å². The molecule has 0 aromatic heterocycles. The van der Waals surface area contributed by atoms with Gasteiger partial charge in [0.25, 0.3) is 0 Å². The number of hydrogen-bond donors (Lipinski definition) is 2. The normalized spacial score (nSPS) is 11.3. The number of benzene rings is 2. The van der Waals surface area contributed by atoms with Crippen LogP contribution in [0.15, 0.2) is 48.5 Å². The fourth-order valence-corrected chi connectivity index (χ4v) is 2.09. The highest BCUT2D eigenvalue weighted by molar-refractivity contribution is 6.30. The Kier molecular flexibility index (Phi) is 5.76. The average Bonchev–Trinajstić information content (AvgIpc) is 2.54. The smallest absolute Gasteiger partial charge is 0.373 e. The van der Waals surface area contributed by atoms with Crippen LogP contribution in [0.4, 0.5) is 0 Å². The van der Waals surface area contributed by atoms with Crippen LogP contribution in [0, 0.1) is 0 Å². The summed E-state index contributed by atoms with van der Waals surface area (Å²) in [6.07, 6.45) is 0. The summed E-state index contributed by atoms with van der Waals surface area (Å²) in [5, 5.41) is 16.9. The van der Waals surface area contributed by atoms with E-state index in [2.05, 4.69) is 4.84 Å². The van der Waals surface area contributed by atoms with Crippen LogP contribution in [-0.2, 0) is 9.63 Å². The molecule has 2 rings (SSSR count). The number of ketones is 1. The third-order valence-electron chi connectivity index (χ3n) is 3.25. The lowest BCUT2D eigenvalue weighted by atomic mass is 10.0. The van der Waals surface area contributed by atoms with Gasteiger partial charge in [-0.15, -0.1) is 0 Å². The minimum absolute atomic E-state index is 0.182. The molecular formula is C17H16ClNO6. The van der Waals surface area contributed by atoms with Crippen LogP contribution in [0.2, 0.25) is 5.02 Å². The van der Waals surface area contributed by atoms with Crippen LogP contribution in [0.3, 0.4) is 0 Å². The van der Waals surface area contributed by atoms with Gasteiger partial charge in [-0.3, -0.25) is 15.2 Å². The number of ether oxygens (including phenoxy) is 1. The standard InChI is InChI=1S/C17H16ClNO6/c1-17(2,16(21)25-19(22)23)24-14-9-5-12(6-10-14)15(20)11-3-7-13(18)8-4-11/h3-10,22-23H,1-2H3. The number of carbonyl (C=O) groups is 2. The lowest BCUT2D eigenvalue weighted by molar-refractivity contribution is -0.471. The van der Waals surface area contributed by atoms with E-state index in [-0.39, 0.29) is 5.78 Å². The summed E-state index contributed by atoms with van der Waals surface area (Å²) in [5.74, 6) is -0.894. The largest absolute Gasteiger partial charge is 0.476 e. The first-order valence-electron chi connectivity index (χ1n) is 7.18. The molecule has 0 radical (unpaired) electrons. The van der Waals surface area contributed by atoms with E-state index in [1.807, 2.05) is 0 Å². The molecule has 0 aliphatic rings. The molecule has 0 atom stereocenters. The van der Waals surface area contributed by atoms with Gasteiger partial charge in [0.2, 0.25) is 5.60 Å². The van der Waals surface area contributed by atoms with Crippen LogP contribution in [0.5, 0.6) is 5.75 Å². The van der Waals surface area contributed by atoms with E-state index in [0.29, 0.717) is 21.9 Å². The van der Waals surface area contributed by atoms with Crippen molar-refractivity contribution < 1.29 is 29.6 Å². The maximum absolute atomic E-state index is 12.4. The fraction of sp³-hybridized carbons (Fsp3) is 0.176. The van der Waals surface area contributed by atoms with Gasteiger partial charge >= 0.3 is 5.97 Å². The van der Waals surface area contributed by atoms with Crippen molar-refractivity contribution >= 4 is 23.4 Å². The van der Waals surface area contributed by atoms with Gasteiger partial charge in [0.05, 0.1) is 0 Å². The van der Waals surface area contributed by atoms with Crippen molar-refractivity contribution in [2.45, 2.75) is 19.4 Å². The van der Waals surface area contributed by atoms with Crippen molar-refractivity contribution in [3.05, 3.63) is 64.7 Å². The van der Waals surface area contributed by atoms with Gasteiger partial charge in [-0.05, 0) is 62.4 Å². The second kappa shape index (κ2) is 7.62. The minimum atomic E-state index is -1.48. The van der Waals surface area contributed by atoms with E-state index in [9.17, 15) is 9.59 Å². The molecule has 2 aromatic carbocycles. The summed E-state index contributed by atoms with van der Waals surface area (Å²) in [6, 6.07) is 12.7. The van der Waals surface area contributed by atoms with Crippen LogP contribution < -0.4 is 4.74 Å². The van der Waals surface area contributed by atoms with Gasteiger partial charge in [0, 0.05) is 16.1 Å². The topological polar surface area (TPSA) is 96.3 Å². The third-order valence-corrected chi connectivity index (χ3v) is 3.50. The summed E-state index contributed by atoms with van der Waals surface area (Å²) in [4.78, 5) is 28.2. The second-order valence-electron chi connectivity index (χ2n) is 5.60. The molecule has 0 aliphatic heterocycles. The Morgan fingerprint density at radius 3 is 1.92 bits per heavy atom. The number of carbonyl (C=O) groups excluding carboxylic acids is 2. The monoisotopic (exact) mass is 365 g/mol. The summed E-state index contributed by atoms with van der Waals surface area (Å²) < 4.78 is 5.47. The van der Waals surface area contributed by atoms with Crippen LogP contribution >= 0.6 is 11.6 Å². The lowest BCUT2D eigenvalue weighted by Gasteiger charge is -2.24. The molecule has 0 bridgehead atoms. The van der Waals surface area contributed by atoms with Gasteiger partial charge < -0.3 is 9.57 Å². The Labute approximate surface area is 148 Å². The first-order valence-corrected chi connectivity index (χ1v) is 7.56. The second-order valence-corrected chi connectivity index (χ2v) is 6.04. The molecule has 8 heteroatoms. The predicted octanol–water partition coefficient (Wildman–Crippen LogP) is 3.27. The zero-order chi connectivity index (χ0) is 18.6. The number of nitrogens with zero attached hydrogens (tertiary/aromatic N) is 1. The molecule has 2 N–H and O–H groups in total. The predicted molar refractivity (Wildman–Crippen MR) is 87.5 cm³/mol. The van der Waals surface area contributed by atoms with Crippen LogP contribution in [0.25, 0.3) is 0 Å². The lowest BCUT2D eigenvalue weighted by Crippen LogP contribution is -2.42. The van der Waals surface area contributed by atoms with Crippen LogP contribution in [-0.4, -0.2) is 33.2 Å². The molecular weight excluding hydrogens is 350 g/mol. The number of hydrogen-bond acceptors (Lipinski definition) is 7. The summed E-state index contributed by atoms with van der Waals surface area (Å²) >= 11 is 5.80. The molecule has 0 heterocycles. The summed E-state index contributed by atoms with van der Waals surface area (Å²) in [5.41, 5.74) is -0.550. The Balaban J connectivity index is 2.10. The molecule has 2 aromatic rings. The first-order chi connectivity index (χ1) is 11.7. The Hall–Kier alpha value is -2.45. The van der Waals surface area contributed by atoms with Crippen molar-refractivity contribution in [2.75, 3.05) is 0 Å². The highest BCUT2D eigenvalue weighted by atomic mass is 35.5. The maximum atomic E-state index is 12.4. The van der Waals surface area contributed by atoms with E-state index in [1.54, 1.807) is 36.4 Å². The van der Waals surface area contributed by atoms with Crippen molar-refractivity contribution in [1.82, 2.24) is 5.39 Å². The quantitative estimate of drug-likeness (QED) is 0.599. The fourth-order valence-electron chi connectivity index (χ4n) is 1.96. The van der Waals surface area contributed by atoms with Crippen molar-refractivity contribution in [3.63, 3.8) is 0 Å². The van der Waals surface area contributed by atoms with E-state index >= 15 is 0 Å².